The van der Waals surface area contributed by atoms with Gasteiger partial charge < -0.3 is 9.84 Å². The van der Waals surface area contributed by atoms with Gasteiger partial charge in [-0.05, 0) is 42.4 Å². The van der Waals surface area contributed by atoms with E-state index in [1.807, 2.05) is 18.2 Å². The van der Waals surface area contributed by atoms with Gasteiger partial charge in [-0.15, -0.1) is 0 Å². The number of rotatable bonds is 16. The number of hydrogen-bond acceptors (Lipinski definition) is 4. The van der Waals surface area contributed by atoms with Gasteiger partial charge in [0.05, 0.1) is 4.90 Å². The third kappa shape index (κ3) is 11.3. The minimum atomic E-state index is -4.59. The molecule has 0 saturated heterocycles. The van der Waals surface area contributed by atoms with Crippen LogP contribution in [0, 0.1) is 0 Å². The molecule has 2 aromatic carbocycles. The van der Waals surface area contributed by atoms with Crippen LogP contribution in [-0.2, 0) is 16.5 Å². The van der Waals surface area contributed by atoms with E-state index in [-0.39, 0.29) is 35.3 Å². The van der Waals surface area contributed by atoms with Crippen molar-refractivity contribution in [1.82, 2.24) is 0 Å². The summed E-state index contributed by atoms with van der Waals surface area (Å²) in [5.74, 6) is -0.405. The van der Waals surface area contributed by atoms with Crippen molar-refractivity contribution in [3.8, 4) is 17.2 Å². The summed E-state index contributed by atoms with van der Waals surface area (Å²) in [7, 11) is -4.59. The van der Waals surface area contributed by atoms with Crippen molar-refractivity contribution in [2.75, 3.05) is 0 Å². The summed E-state index contributed by atoms with van der Waals surface area (Å²) in [6.07, 6.45) is 16.3. The van der Waals surface area contributed by atoms with E-state index in [1.165, 1.54) is 76.3 Å². The maximum absolute atomic E-state index is 12.3. The monoisotopic (exact) mass is 484 g/mol. The summed E-state index contributed by atoms with van der Waals surface area (Å²) in [6, 6.07) is 11.3. The van der Waals surface area contributed by atoms with E-state index in [9.17, 15) is 18.1 Å². The summed E-state index contributed by atoms with van der Waals surface area (Å²) in [5.41, 5.74) is 0.983. The van der Waals surface area contributed by atoms with Crippen LogP contribution in [0.3, 0.4) is 0 Å². The van der Waals surface area contributed by atoms with Crippen molar-refractivity contribution in [1.29, 1.82) is 0 Å². The Bertz CT molecular complexity index is 915. The van der Waals surface area contributed by atoms with Crippen LogP contribution in [0.4, 0.5) is 0 Å². The second-order valence-electron chi connectivity index (χ2n) is 8.41. The fourth-order valence-electron chi connectivity index (χ4n) is 3.86. The molecule has 0 amide bonds. The quantitative estimate of drug-likeness (QED) is 0.221. The molecule has 0 aliphatic carbocycles. The van der Waals surface area contributed by atoms with Gasteiger partial charge in [-0.2, -0.15) is 8.42 Å². The molecule has 0 atom stereocenters. The van der Waals surface area contributed by atoms with Crippen LogP contribution in [0.25, 0.3) is 0 Å². The third-order valence-electron chi connectivity index (χ3n) is 5.71. The zero-order valence-corrected chi connectivity index (χ0v) is 23.0. The van der Waals surface area contributed by atoms with Crippen LogP contribution in [0.1, 0.15) is 89.5 Å². The van der Waals surface area contributed by atoms with Crippen LogP contribution in [0.2, 0.25) is 0 Å². The van der Waals surface area contributed by atoms with Crippen molar-refractivity contribution in [3.05, 3.63) is 48.0 Å². The van der Waals surface area contributed by atoms with Crippen LogP contribution in [0.5, 0.6) is 17.2 Å². The molecule has 1 N–H and O–H groups in total. The van der Waals surface area contributed by atoms with E-state index in [4.69, 9.17) is 4.74 Å². The first-order valence-electron chi connectivity index (χ1n) is 12.0. The Kier molecular flexibility index (Phi) is 15.0. The average molecular weight is 485 g/mol. The average Bonchev–Trinajstić information content (AvgIpc) is 2.76. The van der Waals surface area contributed by atoms with E-state index < -0.39 is 20.8 Å². The fourth-order valence-corrected chi connectivity index (χ4v) is 4.45. The fraction of sp³-hybridized carbons (Fsp3) is 0.538. The SMILES string of the molecule is CCCCCCCCCCCCCCc1ccccc1Oc1cccc(S(=O)(=O)O)c1[O-].[Na+]. The second-order valence-corrected chi connectivity index (χ2v) is 9.80. The molecule has 2 aromatic rings. The molecule has 7 heteroatoms. The Balaban J connectivity index is 0.00000544. The Morgan fingerprint density at radius 2 is 1.27 bits per heavy atom. The van der Waals surface area contributed by atoms with Crippen molar-refractivity contribution < 1.29 is 52.4 Å². The Morgan fingerprint density at radius 3 is 1.85 bits per heavy atom. The van der Waals surface area contributed by atoms with Crippen molar-refractivity contribution >= 4 is 10.1 Å². The van der Waals surface area contributed by atoms with E-state index in [1.54, 1.807) is 6.07 Å². The summed E-state index contributed by atoms with van der Waals surface area (Å²) in [4.78, 5) is -0.673. The number of aryl methyl sites for hydroxylation is 1. The molecule has 0 fully saturated rings. The standard InChI is InChI=1S/C26H38O5S.Na/c1-2-3-4-5-6-7-8-9-10-11-12-13-17-22-18-14-15-19-23(22)31-24-20-16-21-25(26(24)27)32(28,29)30;/h14-16,18-21,27H,2-13,17H2,1H3,(H,28,29,30);/q;+1/p-1. The van der Waals surface area contributed by atoms with Crippen LogP contribution >= 0.6 is 0 Å². The zero-order chi connectivity index (χ0) is 23.2. The van der Waals surface area contributed by atoms with Crippen LogP contribution in [-0.4, -0.2) is 13.0 Å². The van der Waals surface area contributed by atoms with Crippen molar-refractivity contribution in [2.45, 2.75) is 95.3 Å². The molecule has 0 radical (unpaired) electrons. The van der Waals surface area contributed by atoms with Crippen LogP contribution in [0.15, 0.2) is 47.4 Å². The van der Waals surface area contributed by atoms with Crippen molar-refractivity contribution in [2.24, 2.45) is 0 Å². The maximum atomic E-state index is 12.3. The zero-order valence-electron chi connectivity index (χ0n) is 20.2. The largest absolute Gasteiger partial charge is 1.00 e. The van der Waals surface area contributed by atoms with Gasteiger partial charge in [0.15, 0.2) is 0 Å². The molecule has 33 heavy (non-hydrogen) atoms. The van der Waals surface area contributed by atoms with Gasteiger partial charge in [0, 0.05) is 0 Å². The number of para-hydroxylation sites is 2. The van der Waals surface area contributed by atoms with E-state index in [0.717, 1.165) is 30.9 Å². The van der Waals surface area contributed by atoms with Gasteiger partial charge in [0.25, 0.3) is 10.1 Å². The molecule has 0 heterocycles. The molecule has 0 unspecified atom stereocenters. The molecular formula is C26H37NaO5S. The molecule has 0 saturated carbocycles. The molecular weight excluding hydrogens is 447 g/mol. The molecule has 0 bridgehead atoms. The summed E-state index contributed by atoms with van der Waals surface area (Å²) in [6.45, 7) is 2.25. The maximum Gasteiger partial charge on any atom is 1.00 e. The topological polar surface area (TPSA) is 86.7 Å². The van der Waals surface area contributed by atoms with E-state index >= 15 is 0 Å². The molecule has 2 rings (SSSR count). The van der Waals surface area contributed by atoms with Gasteiger partial charge in [-0.1, -0.05) is 102 Å². The first kappa shape index (κ1) is 30.0. The molecule has 5 nitrogen and oxygen atoms in total. The first-order valence-corrected chi connectivity index (χ1v) is 13.4. The van der Waals surface area contributed by atoms with Gasteiger partial charge in [0.2, 0.25) is 0 Å². The Hall–Kier alpha value is -1.05. The van der Waals surface area contributed by atoms with E-state index in [2.05, 4.69) is 6.92 Å². The minimum absolute atomic E-state index is 0. The molecule has 0 aliphatic rings. The Morgan fingerprint density at radius 1 is 0.758 bits per heavy atom. The number of unbranched alkanes of at least 4 members (excludes halogenated alkanes) is 11. The number of ether oxygens (including phenoxy) is 1. The van der Waals surface area contributed by atoms with Gasteiger partial charge in [-0.3, -0.25) is 4.55 Å². The summed E-state index contributed by atoms with van der Waals surface area (Å²) < 4.78 is 37.7. The van der Waals surface area contributed by atoms with E-state index in [0.29, 0.717) is 5.75 Å². The third-order valence-corrected chi connectivity index (χ3v) is 6.59. The Labute approximate surface area is 222 Å². The predicted molar refractivity (Wildman–Crippen MR) is 127 cm³/mol. The first-order chi connectivity index (χ1) is 15.4. The van der Waals surface area contributed by atoms with Gasteiger partial charge in [-0.25, -0.2) is 0 Å². The number of hydrogen-bond donors (Lipinski definition) is 1. The minimum Gasteiger partial charge on any atom is -0.869 e. The molecule has 0 aliphatic heterocycles. The van der Waals surface area contributed by atoms with Gasteiger partial charge in [0.1, 0.15) is 11.5 Å². The summed E-state index contributed by atoms with van der Waals surface area (Å²) in [5, 5.41) is 12.3. The molecule has 0 spiro atoms. The number of benzene rings is 2. The summed E-state index contributed by atoms with van der Waals surface area (Å²) >= 11 is 0. The smallest absolute Gasteiger partial charge is 0.869 e. The second kappa shape index (κ2) is 16.6. The predicted octanol–water partition coefficient (Wildman–Crippen LogP) is 4.05. The van der Waals surface area contributed by atoms with Gasteiger partial charge >= 0.3 is 29.6 Å². The van der Waals surface area contributed by atoms with Crippen LogP contribution < -0.4 is 39.4 Å². The van der Waals surface area contributed by atoms with Crippen molar-refractivity contribution in [3.63, 3.8) is 0 Å². The molecule has 0 aromatic heterocycles. The normalized spacial score (nSPS) is 11.2. The molecule has 178 valence electrons.